The SMILES string of the molecule is CC(C)CC(CN(C)C)NC(C)c1ccco1. The van der Waals surface area contributed by atoms with E-state index in [9.17, 15) is 0 Å². The van der Waals surface area contributed by atoms with Crippen molar-refractivity contribution in [2.24, 2.45) is 5.92 Å². The molecule has 2 unspecified atom stereocenters. The van der Waals surface area contributed by atoms with Gasteiger partial charge in [-0.1, -0.05) is 13.8 Å². The van der Waals surface area contributed by atoms with Gasteiger partial charge in [-0.25, -0.2) is 0 Å². The summed E-state index contributed by atoms with van der Waals surface area (Å²) in [6.45, 7) is 7.74. The van der Waals surface area contributed by atoms with E-state index < -0.39 is 0 Å². The van der Waals surface area contributed by atoms with Crippen LogP contribution in [0.1, 0.15) is 39.0 Å². The summed E-state index contributed by atoms with van der Waals surface area (Å²) in [6.07, 6.45) is 2.92. The lowest BCUT2D eigenvalue weighted by atomic mass is 10.0. The zero-order chi connectivity index (χ0) is 12.8. The second-order valence-corrected chi connectivity index (χ2v) is 5.49. The van der Waals surface area contributed by atoms with Gasteiger partial charge in [0.05, 0.1) is 12.3 Å². The molecule has 1 aromatic heterocycles. The first-order chi connectivity index (χ1) is 7.99. The van der Waals surface area contributed by atoms with E-state index in [2.05, 4.69) is 45.1 Å². The maximum Gasteiger partial charge on any atom is 0.120 e. The molecule has 3 nitrogen and oxygen atoms in total. The van der Waals surface area contributed by atoms with Gasteiger partial charge >= 0.3 is 0 Å². The normalized spacial score (nSPS) is 15.5. The molecule has 0 saturated carbocycles. The van der Waals surface area contributed by atoms with Crippen LogP contribution in [0.3, 0.4) is 0 Å². The van der Waals surface area contributed by atoms with Crippen molar-refractivity contribution in [2.45, 2.75) is 39.3 Å². The van der Waals surface area contributed by atoms with Crippen LogP contribution in [0.2, 0.25) is 0 Å². The number of rotatable bonds is 7. The molecule has 2 atom stereocenters. The van der Waals surface area contributed by atoms with E-state index in [0.717, 1.165) is 12.3 Å². The van der Waals surface area contributed by atoms with Crippen LogP contribution in [0.25, 0.3) is 0 Å². The van der Waals surface area contributed by atoms with Gasteiger partial charge in [0.25, 0.3) is 0 Å². The Balaban J connectivity index is 2.52. The summed E-state index contributed by atoms with van der Waals surface area (Å²) in [4.78, 5) is 2.23. The Hall–Kier alpha value is -0.800. The first kappa shape index (κ1) is 14.3. The van der Waals surface area contributed by atoms with Crippen molar-refractivity contribution in [1.29, 1.82) is 0 Å². The average molecular weight is 238 g/mol. The molecule has 0 amide bonds. The van der Waals surface area contributed by atoms with Crippen molar-refractivity contribution in [2.75, 3.05) is 20.6 Å². The highest BCUT2D eigenvalue weighted by Crippen LogP contribution is 2.15. The van der Waals surface area contributed by atoms with E-state index in [1.165, 1.54) is 6.42 Å². The van der Waals surface area contributed by atoms with Gasteiger partial charge in [0.1, 0.15) is 5.76 Å². The Bertz CT molecular complexity index is 283. The standard InChI is InChI=1S/C14H26N2O/c1-11(2)9-13(10-16(4)5)15-12(3)14-7-6-8-17-14/h6-8,11-13,15H,9-10H2,1-5H3. The molecule has 0 aliphatic carbocycles. The fraction of sp³-hybridized carbons (Fsp3) is 0.714. The highest BCUT2D eigenvalue weighted by molar-refractivity contribution is 5.03. The molecule has 0 aliphatic heterocycles. The maximum absolute atomic E-state index is 5.43. The summed E-state index contributed by atoms with van der Waals surface area (Å²) in [7, 11) is 4.24. The van der Waals surface area contributed by atoms with Crippen LogP contribution in [0.5, 0.6) is 0 Å². The molecule has 0 fully saturated rings. The third kappa shape index (κ3) is 5.37. The van der Waals surface area contributed by atoms with Crippen LogP contribution >= 0.6 is 0 Å². The molecule has 0 bridgehead atoms. The molecule has 98 valence electrons. The molecule has 1 aromatic rings. The summed E-state index contributed by atoms with van der Waals surface area (Å²) < 4.78 is 5.43. The number of likely N-dealkylation sites (N-methyl/N-ethyl adjacent to an activating group) is 1. The molecular formula is C14H26N2O. The molecule has 1 rings (SSSR count). The van der Waals surface area contributed by atoms with Crippen molar-refractivity contribution >= 4 is 0 Å². The Labute approximate surface area is 105 Å². The lowest BCUT2D eigenvalue weighted by Gasteiger charge is -2.26. The van der Waals surface area contributed by atoms with Gasteiger partial charge in [0.2, 0.25) is 0 Å². The molecule has 3 heteroatoms. The van der Waals surface area contributed by atoms with E-state index in [-0.39, 0.29) is 6.04 Å². The summed E-state index contributed by atoms with van der Waals surface area (Å²) >= 11 is 0. The molecule has 0 saturated heterocycles. The van der Waals surface area contributed by atoms with Crippen molar-refractivity contribution < 1.29 is 4.42 Å². The van der Waals surface area contributed by atoms with E-state index >= 15 is 0 Å². The molecular weight excluding hydrogens is 212 g/mol. The molecule has 0 radical (unpaired) electrons. The Kier molecular flexibility index (Phi) is 5.72. The third-order valence-electron chi connectivity index (χ3n) is 2.80. The monoisotopic (exact) mass is 238 g/mol. The number of nitrogens with zero attached hydrogens (tertiary/aromatic N) is 1. The van der Waals surface area contributed by atoms with E-state index in [4.69, 9.17) is 4.42 Å². The predicted molar refractivity (Wildman–Crippen MR) is 72.1 cm³/mol. The highest BCUT2D eigenvalue weighted by atomic mass is 16.3. The molecule has 0 spiro atoms. The Morgan fingerprint density at radius 1 is 1.29 bits per heavy atom. The van der Waals surface area contributed by atoms with E-state index in [1.54, 1.807) is 6.26 Å². The zero-order valence-electron chi connectivity index (χ0n) is 11.7. The van der Waals surface area contributed by atoms with Gasteiger partial charge in [-0.2, -0.15) is 0 Å². The van der Waals surface area contributed by atoms with Gasteiger partial charge in [0.15, 0.2) is 0 Å². The number of hydrogen-bond acceptors (Lipinski definition) is 3. The minimum Gasteiger partial charge on any atom is -0.468 e. The Morgan fingerprint density at radius 3 is 2.47 bits per heavy atom. The lowest BCUT2D eigenvalue weighted by molar-refractivity contribution is 0.280. The zero-order valence-corrected chi connectivity index (χ0v) is 11.7. The quantitative estimate of drug-likeness (QED) is 0.791. The average Bonchev–Trinajstić information content (AvgIpc) is 2.67. The van der Waals surface area contributed by atoms with Crippen molar-refractivity contribution in [1.82, 2.24) is 10.2 Å². The maximum atomic E-state index is 5.43. The molecule has 0 aliphatic rings. The van der Waals surface area contributed by atoms with Crippen LogP contribution in [-0.2, 0) is 0 Å². The molecule has 17 heavy (non-hydrogen) atoms. The van der Waals surface area contributed by atoms with Crippen LogP contribution < -0.4 is 5.32 Å². The first-order valence-electron chi connectivity index (χ1n) is 6.43. The smallest absolute Gasteiger partial charge is 0.120 e. The second kappa shape index (κ2) is 6.82. The fourth-order valence-electron chi connectivity index (χ4n) is 2.18. The van der Waals surface area contributed by atoms with Gasteiger partial charge < -0.3 is 14.6 Å². The lowest BCUT2D eigenvalue weighted by Crippen LogP contribution is -2.40. The summed E-state index contributed by atoms with van der Waals surface area (Å²) in [5.74, 6) is 1.72. The van der Waals surface area contributed by atoms with Crippen molar-refractivity contribution in [3.05, 3.63) is 24.2 Å². The minimum atomic E-state index is 0.272. The van der Waals surface area contributed by atoms with Gasteiger partial charge in [-0.05, 0) is 45.5 Å². The first-order valence-corrected chi connectivity index (χ1v) is 6.43. The number of hydrogen-bond donors (Lipinski definition) is 1. The molecule has 1 N–H and O–H groups in total. The van der Waals surface area contributed by atoms with Gasteiger partial charge in [-0.15, -0.1) is 0 Å². The number of nitrogens with one attached hydrogen (secondary N) is 1. The van der Waals surface area contributed by atoms with Crippen LogP contribution in [0.4, 0.5) is 0 Å². The van der Waals surface area contributed by atoms with E-state index in [0.29, 0.717) is 12.0 Å². The summed E-state index contributed by atoms with van der Waals surface area (Å²) in [5.41, 5.74) is 0. The van der Waals surface area contributed by atoms with Gasteiger partial charge in [-0.3, -0.25) is 0 Å². The summed E-state index contributed by atoms with van der Waals surface area (Å²) in [6, 6.07) is 4.75. The minimum absolute atomic E-state index is 0.272. The van der Waals surface area contributed by atoms with Crippen molar-refractivity contribution in [3.8, 4) is 0 Å². The molecule has 0 aromatic carbocycles. The fourth-order valence-corrected chi connectivity index (χ4v) is 2.18. The largest absolute Gasteiger partial charge is 0.468 e. The third-order valence-corrected chi connectivity index (χ3v) is 2.80. The number of furan rings is 1. The van der Waals surface area contributed by atoms with Crippen molar-refractivity contribution in [3.63, 3.8) is 0 Å². The van der Waals surface area contributed by atoms with E-state index in [1.807, 2.05) is 12.1 Å². The topological polar surface area (TPSA) is 28.4 Å². The second-order valence-electron chi connectivity index (χ2n) is 5.49. The van der Waals surface area contributed by atoms with Crippen LogP contribution in [0, 0.1) is 5.92 Å². The van der Waals surface area contributed by atoms with Crippen LogP contribution in [0.15, 0.2) is 22.8 Å². The predicted octanol–water partition coefficient (Wildman–Crippen LogP) is 2.91. The van der Waals surface area contributed by atoms with Gasteiger partial charge in [0, 0.05) is 12.6 Å². The Morgan fingerprint density at radius 2 is 2.00 bits per heavy atom. The highest BCUT2D eigenvalue weighted by Gasteiger charge is 2.16. The molecule has 1 heterocycles. The van der Waals surface area contributed by atoms with Crippen LogP contribution in [-0.4, -0.2) is 31.6 Å². The summed E-state index contributed by atoms with van der Waals surface area (Å²) in [5, 5.41) is 3.65.